The summed E-state index contributed by atoms with van der Waals surface area (Å²) >= 11 is 7.44. The van der Waals surface area contributed by atoms with Crippen molar-refractivity contribution in [3.8, 4) is 5.69 Å². The lowest BCUT2D eigenvalue weighted by atomic mass is 10.2. The Morgan fingerprint density at radius 1 is 1.09 bits per heavy atom. The fourth-order valence-corrected chi connectivity index (χ4v) is 4.83. The van der Waals surface area contributed by atoms with Crippen LogP contribution in [0.5, 0.6) is 0 Å². The number of hydrogen-bond donors (Lipinski definition) is 1. The molecule has 1 amide bonds. The third-order valence-electron chi connectivity index (χ3n) is 4.79. The molecule has 0 aliphatic heterocycles. The number of para-hydroxylation sites is 2. The first-order valence-electron chi connectivity index (χ1n) is 9.69. The highest BCUT2D eigenvalue weighted by Crippen LogP contribution is 2.29. The van der Waals surface area contributed by atoms with Gasteiger partial charge in [0.1, 0.15) is 0 Å². The van der Waals surface area contributed by atoms with Crippen LogP contribution in [0.25, 0.3) is 16.7 Å². The molecule has 9 heteroatoms. The maximum atomic E-state index is 12.6. The van der Waals surface area contributed by atoms with Crippen LogP contribution in [-0.4, -0.2) is 35.9 Å². The minimum absolute atomic E-state index is 0.0780. The number of aromatic nitrogens is 2. The molecule has 0 aliphatic rings. The molecule has 1 heterocycles. The molecular weight excluding hydrogens is 466 g/mol. The minimum Gasteiger partial charge on any atom is -0.324 e. The molecule has 32 heavy (non-hydrogen) atoms. The van der Waals surface area contributed by atoms with E-state index in [0.717, 1.165) is 28.5 Å². The van der Waals surface area contributed by atoms with E-state index in [1.54, 1.807) is 0 Å². The fraction of sp³-hybridized carbons (Fsp3) is 0.130. The number of aryl methyl sites for hydroxylation is 1. The lowest BCUT2D eigenvalue weighted by molar-refractivity contribution is -0.113. The lowest BCUT2D eigenvalue weighted by Gasteiger charge is -2.11. The van der Waals surface area contributed by atoms with Crippen LogP contribution in [0.2, 0.25) is 5.02 Å². The summed E-state index contributed by atoms with van der Waals surface area (Å²) in [4.78, 5) is 17.4. The smallest absolute Gasteiger partial charge is 0.234 e. The van der Waals surface area contributed by atoms with Crippen LogP contribution in [0.1, 0.15) is 5.56 Å². The topological polar surface area (TPSA) is 81.1 Å². The Hall–Kier alpha value is -2.81. The van der Waals surface area contributed by atoms with Crippen LogP contribution >= 0.6 is 23.4 Å². The second kappa shape index (κ2) is 8.97. The average Bonchev–Trinajstić information content (AvgIpc) is 3.12. The zero-order valence-corrected chi connectivity index (χ0v) is 19.8. The molecule has 0 atom stereocenters. The maximum Gasteiger partial charge on any atom is 0.234 e. The summed E-state index contributed by atoms with van der Waals surface area (Å²) in [6.45, 7) is 2.03. The first-order valence-corrected chi connectivity index (χ1v) is 12.9. The third-order valence-corrected chi connectivity index (χ3v) is 7.17. The molecule has 0 spiro atoms. The van der Waals surface area contributed by atoms with Crippen molar-refractivity contribution < 1.29 is 13.2 Å². The number of fused-ring (bicyclic) bond motifs is 1. The van der Waals surface area contributed by atoms with E-state index in [1.165, 1.54) is 30.0 Å². The third kappa shape index (κ3) is 4.82. The fourth-order valence-electron chi connectivity index (χ4n) is 3.19. The summed E-state index contributed by atoms with van der Waals surface area (Å²) in [7, 11) is -3.42. The molecule has 0 bridgehead atoms. The average molecular weight is 486 g/mol. The number of benzene rings is 3. The number of thioether (sulfide) groups is 1. The van der Waals surface area contributed by atoms with Gasteiger partial charge in [0.05, 0.1) is 32.4 Å². The molecule has 1 aromatic heterocycles. The van der Waals surface area contributed by atoms with Crippen molar-refractivity contribution in [2.75, 3.05) is 17.3 Å². The summed E-state index contributed by atoms with van der Waals surface area (Å²) in [5.41, 5.74) is 4.14. The quantitative estimate of drug-likeness (QED) is 0.383. The monoisotopic (exact) mass is 485 g/mol. The van der Waals surface area contributed by atoms with Gasteiger partial charge in [0.15, 0.2) is 15.0 Å². The van der Waals surface area contributed by atoms with Crippen LogP contribution in [0.3, 0.4) is 0 Å². The van der Waals surface area contributed by atoms with Crippen molar-refractivity contribution in [2.45, 2.75) is 17.0 Å². The van der Waals surface area contributed by atoms with E-state index < -0.39 is 9.84 Å². The zero-order valence-electron chi connectivity index (χ0n) is 17.4. The number of amides is 1. The standard InChI is InChI=1S/C23H20ClN3O3S2/c1-15-7-9-16(10-8-15)27-21-6-4-3-5-19(21)26-23(27)31-14-22(28)25-20-13-17(32(2,29)30)11-12-18(20)24/h3-13H,14H2,1-2H3,(H,25,28). The molecule has 0 radical (unpaired) electrons. The Bertz CT molecular complexity index is 1410. The number of nitrogens with zero attached hydrogens (tertiary/aromatic N) is 2. The normalized spacial score (nSPS) is 11.6. The molecular formula is C23H20ClN3O3S2. The second-order valence-electron chi connectivity index (χ2n) is 7.30. The number of imidazole rings is 1. The van der Waals surface area contributed by atoms with Gasteiger partial charge >= 0.3 is 0 Å². The van der Waals surface area contributed by atoms with E-state index >= 15 is 0 Å². The number of sulfone groups is 1. The van der Waals surface area contributed by atoms with Crippen molar-refractivity contribution in [3.63, 3.8) is 0 Å². The van der Waals surface area contributed by atoms with Gasteiger partial charge in [0, 0.05) is 11.9 Å². The van der Waals surface area contributed by atoms with Crippen LogP contribution in [0.4, 0.5) is 5.69 Å². The van der Waals surface area contributed by atoms with E-state index in [4.69, 9.17) is 16.6 Å². The van der Waals surface area contributed by atoms with Crippen molar-refractivity contribution in [2.24, 2.45) is 0 Å². The Labute approximate surface area is 195 Å². The molecule has 4 aromatic rings. The van der Waals surface area contributed by atoms with Crippen molar-refractivity contribution in [1.29, 1.82) is 0 Å². The van der Waals surface area contributed by atoms with Gasteiger partial charge in [0.25, 0.3) is 0 Å². The van der Waals surface area contributed by atoms with Gasteiger partial charge in [-0.2, -0.15) is 0 Å². The van der Waals surface area contributed by atoms with E-state index in [1.807, 2.05) is 60.0 Å². The summed E-state index contributed by atoms with van der Waals surface area (Å²) in [6, 6.07) is 20.1. The maximum absolute atomic E-state index is 12.6. The molecule has 6 nitrogen and oxygen atoms in total. The van der Waals surface area contributed by atoms with Gasteiger partial charge in [-0.05, 0) is 49.4 Å². The minimum atomic E-state index is -3.42. The number of anilines is 1. The van der Waals surface area contributed by atoms with Crippen molar-refractivity contribution >= 4 is 55.8 Å². The number of carbonyl (C=O) groups excluding carboxylic acids is 1. The van der Waals surface area contributed by atoms with Crippen LogP contribution in [0.15, 0.2) is 76.8 Å². The predicted octanol–water partition coefficient (Wildman–Crippen LogP) is 5.12. The number of carbonyl (C=O) groups is 1. The first-order chi connectivity index (χ1) is 15.2. The highest BCUT2D eigenvalue weighted by atomic mass is 35.5. The number of halogens is 1. The molecule has 4 rings (SSSR count). The summed E-state index contributed by atoms with van der Waals surface area (Å²) < 4.78 is 25.6. The Balaban J connectivity index is 1.58. The highest BCUT2D eigenvalue weighted by molar-refractivity contribution is 7.99. The van der Waals surface area contributed by atoms with Gasteiger partial charge in [-0.3, -0.25) is 9.36 Å². The number of hydrogen-bond acceptors (Lipinski definition) is 5. The Kier molecular flexibility index (Phi) is 6.28. The van der Waals surface area contributed by atoms with E-state index in [2.05, 4.69) is 5.32 Å². The Morgan fingerprint density at radius 2 is 1.81 bits per heavy atom. The molecule has 164 valence electrons. The van der Waals surface area contributed by atoms with Gasteiger partial charge in [-0.25, -0.2) is 13.4 Å². The summed E-state index contributed by atoms with van der Waals surface area (Å²) in [5.74, 6) is -0.237. The van der Waals surface area contributed by atoms with Gasteiger partial charge in [0.2, 0.25) is 5.91 Å². The van der Waals surface area contributed by atoms with Gasteiger partial charge in [-0.1, -0.05) is 53.2 Å². The lowest BCUT2D eigenvalue weighted by Crippen LogP contribution is -2.15. The van der Waals surface area contributed by atoms with Gasteiger partial charge in [-0.15, -0.1) is 0 Å². The second-order valence-corrected chi connectivity index (χ2v) is 10.7. The number of rotatable bonds is 6. The molecule has 3 aromatic carbocycles. The molecule has 1 N–H and O–H groups in total. The Morgan fingerprint density at radius 3 is 2.53 bits per heavy atom. The van der Waals surface area contributed by atoms with E-state index in [-0.39, 0.29) is 27.3 Å². The van der Waals surface area contributed by atoms with E-state index in [0.29, 0.717) is 5.16 Å². The molecule has 0 unspecified atom stereocenters. The van der Waals surface area contributed by atoms with Crippen LogP contribution in [0, 0.1) is 6.92 Å². The molecule has 0 aliphatic carbocycles. The van der Waals surface area contributed by atoms with Crippen LogP contribution in [-0.2, 0) is 14.6 Å². The predicted molar refractivity (Wildman–Crippen MR) is 130 cm³/mol. The highest BCUT2D eigenvalue weighted by Gasteiger charge is 2.16. The largest absolute Gasteiger partial charge is 0.324 e. The molecule has 0 saturated carbocycles. The van der Waals surface area contributed by atoms with Crippen molar-refractivity contribution in [3.05, 3.63) is 77.3 Å². The molecule has 0 fully saturated rings. The number of nitrogens with one attached hydrogen (secondary N) is 1. The summed E-state index contributed by atoms with van der Waals surface area (Å²) in [6.07, 6.45) is 1.10. The van der Waals surface area contributed by atoms with Gasteiger partial charge < -0.3 is 5.32 Å². The first kappa shape index (κ1) is 22.4. The summed E-state index contributed by atoms with van der Waals surface area (Å²) in [5, 5.41) is 3.65. The van der Waals surface area contributed by atoms with E-state index in [9.17, 15) is 13.2 Å². The SMILES string of the molecule is Cc1ccc(-n2c(SCC(=O)Nc3cc(S(C)(=O)=O)ccc3Cl)nc3ccccc32)cc1. The van der Waals surface area contributed by atoms with Crippen molar-refractivity contribution in [1.82, 2.24) is 9.55 Å². The molecule has 0 saturated heterocycles. The zero-order chi connectivity index (χ0) is 22.9. The van der Waals surface area contributed by atoms with Crippen LogP contribution < -0.4 is 5.32 Å².